The Labute approximate surface area is 148 Å². The van der Waals surface area contributed by atoms with Crippen LogP contribution in [-0.2, 0) is 13.5 Å². The Morgan fingerprint density at radius 1 is 1.04 bits per heavy atom. The molecule has 0 atom stereocenters. The average Bonchev–Trinajstić information content (AvgIpc) is 3.28. The number of hydrogen-bond donors (Lipinski definition) is 0. The van der Waals surface area contributed by atoms with Gasteiger partial charge in [0.1, 0.15) is 0 Å². The van der Waals surface area contributed by atoms with Gasteiger partial charge in [0.05, 0.1) is 17.4 Å². The zero-order chi connectivity index (χ0) is 17.5. The molecule has 5 aromatic rings. The second-order valence-corrected chi connectivity index (χ2v) is 6.21. The number of hydrogen-bond acceptors (Lipinski definition) is 5. The van der Waals surface area contributed by atoms with Crippen LogP contribution in [0.3, 0.4) is 0 Å². The summed E-state index contributed by atoms with van der Waals surface area (Å²) in [5.41, 5.74) is 4.67. The smallest absolute Gasteiger partial charge is 0.177 e. The molecule has 4 heterocycles. The Morgan fingerprint density at radius 2 is 2.00 bits per heavy atom. The van der Waals surface area contributed by atoms with Crippen molar-refractivity contribution in [2.75, 3.05) is 0 Å². The van der Waals surface area contributed by atoms with Crippen LogP contribution in [0.1, 0.15) is 11.4 Å². The molecule has 1 aromatic carbocycles. The molecule has 0 radical (unpaired) electrons. The van der Waals surface area contributed by atoms with E-state index in [0.29, 0.717) is 6.42 Å². The van der Waals surface area contributed by atoms with Gasteiger partial charge in [-0.15, -0.1) is 10.2 Å². The van der Waals surface area contributed by atoms with Gasteiger partial charge in [0.2, 0.25) is 0 Å². The summed E-state index contributed by atoms with van der Waals surface area (Å²) in [6.45, 7) is 0. The number of aryl methyl sites for hydroxylation is 1. The maximum atomic E-state index is 4.70. The first-order chi connectivity index (χ1) is 12.8. The zero-order valence-electron chi connectivity index (χ0n) is 14.1. The molecule has 0 N–H and O–H groups in total. The van der Waals surface area contributed by atoms with E-state index in [1.807, 2.05) is 37.5 Å². The number of rotatable bonds is 3. The van der Waals surface area contributed by atoms with Gasteiger partial charge in [0.15, 0.2) is 11.5 Å². The number of benzene rings is 1. The fourth-order valence-electron chi connectivity index (χ4n) is 3.07. The largest absolute Gasteiger partial charge is 0.275 e. The van der Waals surface area contributed by atoms with Crippen LogP contribution in [0.15, 0.2) is 61.1 Å². The first-order valence-electron chi connectivity index (χ1n) is 8.30. The molecule has 0 amide bonds. The van der Waals surface area contributed by atoms with E-state index in [-0.39, 0.29) is 0 Å². The van der Waals surface area contributed by atoms with Crippen LogP contribution in [0, 0.1) is 0 Å². The highest BCUT2D eigenvalue weighted by molar-refractivity contribution is 5.79. The number of aromatic nitrogens is 7. The van der Waals surface area contributed by atoms with Gasteiger partial charge in [-0.3, -0.25) is 9.67 Å². The van der Waals surface area contributed by atoms with Crippen LogP contribution in [-0.4, -0.2) is 34.6 Å². The Hall–Kier alpha value is -3.61. The van der Waals surface area contributed by atoms with Gasteiger partial charge in [-0.25, -0.2) is 0 Å². The molecule has 0 saturated heterocycles. The Bertz CT molecular complexity index is 1240. The van der Waals surface area contributed by atoms with Crippen LogP contribution in [0.4, 0.5) is 0 Å². The summed E-state index contributed by atoms with van der Waals surface area (Å²) in [5.74, 6) is 0.800. The lowest BCUT2D eigenvalue weighted by Gasteiger charge is -2.03. The van der Waals surface area contributed by atoms with Gasteiger partial charge in [-0.1, -0.05) is 12.1 Å². The predicted molar refractivity (Wildman–Crippen MR) is 97.5 cm³/mol. The second-order valence-electron chi connectivity index (χ2n) is 6.21. The van der Waals surface area contributed by atoms with Gasteiger partial charge in [0, 0.05) is 36.8 Å². The maximum Gasteiger partial charge on any atom is 0.177 e. The van der Waals surface area contributed by atoms with Crippen LogP contribution in [0.25, 0.3) is 27.8 Å². The van der Waals surface area contributed by atoms with Gasteiger partial charge in [0.25, 0.3) is 0 Å². The van der Waals surface area contributed by atoms with E-state index in [9.17, 15) is 0 Å². The van der Waals surface area contributed by atoms with E-state index in [1.54, 1.807) is 21.6 Å². The van der Waals surface area contributed by atoms with E-state index < -0.39 is 0 Å². The average molecular weight is 341 g/mol. The zero-order valence-corrected chi connectivity index (χ0v) is 14.1. The van der Waals surface area contributed by atoms with Crippen molar-refractivity contribution in [3.8, 4) is 11.3 Å². The SMILES string of the molecule is Cn1cc(-c2ccc3nnc(Cc4ccc5ncccc5c4)n3n2)cn1. The molecule has 0 aliphatic heterocycles. The fourth-order valence-corrected chi connectivity index (χ4v) is 3.07. The molecule has 0 saturated carbocycles. The molecule has 0 fully saturated rings. The molecule has 0 bridgehead atoms. The third-order valence-corrected chi connectivity index (χ3v) is 4.36. The standard InChI is InChI=1S/C19H15N7/c1-25-12-15(11-21-25)17-6-7-18-22-23-19(26(18)24-17)10-13-4-5-16-14(9-13)3-2-8-20-16/h2-9,11-12H,10H2,1H3. The molecule has 7 heteroatoms. The molecule has 0 aliphatic rings. The Kier molecular flexibility index (Phi) is 3.24. The molecule has 126 valence electrons. The highest BCUT2D eigenvalue weighted by Gasteiger charge is 2.11. The monoisotopic (exact) mass is 341 g/mol. The van der Waals surface area contributed by atoms with Crippen molar-refractivity contribution >= 4 is 16.6 Å². The third kappa shape index (κ3) is 2.50. The first-order valence-corrected chi connectivity index (χ1v) is 8.30. The summed E-state index contributed by atoms with van der Waals surface area (Å²) in [7, 11) is 1.89. The van der Waals surface area contributed by atoms with Crippen LogP contribution in [0.2, 0.25) is 0 Å². The summed E-state index contributed by atoms with van der Waals surface area (Å²) in [6.07, 6.45) is 6.19. The van der Waals surface area contributed by atoms with Crippen molar-refractivity contribution in [3.05, 3.63) is 72.4 Å². The number of nitrogens with zero attached hydrogens (tertiary/aromatic N) is 7. The van der Waals surface area contributed by atoms with Crippen LogP contribution < -0.4 is 0 Å². The van der Waals surface area contributed by atoms with Crippen molar-refractivity contribution in [1.82, 2.24) is 34.6 Å². The summed E-state index contributed by atoms with van der Waals surface area (Å²) >= 11 is 0. The molecule has 0 aliphatic carbocycles. The predicted octanol–water partition coefficient (Wildman–Crippen LogP) is 2.66. The lowest BCUT2D eigenvalue weighted by Crippen LogP contribution is -2.01. The van der Waals surface area contributed by atoms with Crippen molar-refractivity contribution in [2.24, 2.45) is 7.05 Å². The minimum atomic E-state index is 0.648. The Balaban J connectivity index is 1.55. The van der Waals surface area contributed by atoms with Gasteiger partial charge < -0.3 is 0 Å². The van der Waals surface area contributed by atoms with E-state index in [0.717, 1.165) is 39.2 Å². The van der Waals surface area contributed by atoms with Gasteiger partial charge in [-0.05, 0) is 35.9 Å². The van der Waals surface area contributed by atoms with E-state index >= 15 is 0 Å². The Morgan fingerprint density at radius 3 is 2.88 bits per heavy atom. The van der Waals surface area contributed by atoms with Crippen LogP contribution in [0.5, 0.6) is 0 Å². The van der Waals surface area contributed by atoms with E-state index in [2.05, 4.69) is 38.5 Å². The number of fused-ring (bicyclic) bond motifs is 2. The van der Waals surface area contributed by atoms with E-state index in [1.165, 1.54) is 0 Å². The summed E-state index contributed by atoms with van der Waals surface area (Å²) in [4.78, 5) is 4.36. The molecule has 0 unspecified atom stereocenters. The topological polar surface area (TPSA) is 73.8 Å². The van der Waals surface area contributed by atoms with Crippen molar-refractivity contribution in [2.45, 2.75) is 6.42 Å². The molecular weight excluding hydrogens is 326 g/mol. The molecule has 5 rings (SSSR count). The molecular formula is C19H15N7. The second kappa shape index (κ2) is 5.73. The van der Waals surface area contributed by atoms with Crippen molar-refractivity contribution in [3.63, 3.8) is 0 Å². The molecule has 7 nitrogen and oxygen atoms in total. The van der Waals surface area contributed by atoms with Crippen LogP contribution >= 0.6 is 0 Å². The van der Waals surface area contributed by atoms with Crippen molar-refractivity contribution < 1.29 is 0 Å². The van der Waals surface area contributed by atoms with Crippen molar-refractivity contribution in [1.29, 1.82) is 0 Å². The highest BCUT2D eigenvalue weighted by Crippen LogP contribution is 2.19. The molecule has 4 aromatic heterocycles. The van der Waals surface area contributed by atoms with Gasteiger partial charge in [-0.2, -0.15) is 14.7 Å². The lowest BCUT2D eigenvalue weighted by molar-refractivity contribution is 0.768. The minimum Gasteiger partial charge on any atom is -0.275 e. The summed E-state index contributed by atoms with van der Waals surface area (Å²) < 4.78 is 3.56. The normalized spacial score (nSPS) is 11.4. The highest BCUT2D eigenvalue weighted by atomic mass is 15.4. The molecule has 26 heavy (non-hydrogen) atoms. The van der Waals surface area contributed by atoms with Gasteiger partial charge >= 0.3 is 0 Å². The number of pyridine rings is 1. The molecule has 0 spiro atoms. The van der Waals surface area contributed by atoms with E-state index in [4.69, 9.17) is 5.10 Å². The first kappa shape index (κ1) is 14.7. The minimum absolute atomic E-state index is 0.648. The summed E-state index contributed by atoms with van der Waals surface area (Å²) in [5, 5.41) is 18.6. The fraction of sp³-hybridized carbons (Fsp3) is 0.105. The third-order valence-electron chi connectivity index (χ3n) is 4.36. The lowest BCUT2D eigenvalue weighted by atomic mass is 10.1. The summed E-state index contributed by atoms with van der Waals surface area (Å²) in [6, 6.07) is 14.1. The maximum absolute atomic E-state index is 4.70. The quantitative estimate of drug-likeness (QED) is 0.504.